The van der Waals surface area contributed by atoms with Crippen LogP contribution in [-0.2, 0) is 15.5 Å². The molecule has 23 heavy (non-hydrogen) atoms. The molecule has 1 saturated heterocycles. The minimum Gasteiger partial charge on any atom is -0.361 e. The van der Waals surface area contributed by atoms with E-state index in [1.54, 1.807) is 6.07 Å². The van der Waals surface area contributed by atoms with Gasteiger partial charge in [0.15, 0.2) is 0 Å². The number of halogens is 1. The molecule has 1 aliphatic heterocycles. The van der Waals surface area contributed by atoms with Crippen molar-refractivity contribution in [1.82, 2.24) is 9.88 Å². The summed E-state index contributed by atoms with van der Waals surface area (Å²) in [4.78, 5) is 22.9. The van der Waals surface area contributed by atoms with Gasteiger partial charge in [-0.05, 0) is 49.6 Å². The fourth-order valence-corrected chi connectivity index (χ4v) is 3.55. The second kappa shape index (κ2) is 6.71. The van der Waals surface area contributed by atoms with E-state index in [4.69, 9.17) is 9.79 Å². The van der Waals surface area contributed by atoms with E-state index in [1.165, 1.54) is 12.1 Å². The molecule has 2 aromatic rings. The molecule has 6 nitrogen and oxygen atoms in total. The molecule has 0 aliphatic carbocycles. The minimum absolute atomic E-state index is 0.0181. The van der Waals surface area contributed by atoms with Crippen molar-refractivity contribution in [2.24, 2.45) is 0 Å². The Hall–Kier alpha value is -1.24. The number of nitrogens with zero attached hydrogens (tertiary/aromatic N) is 1. The van der Waals surface area contributed by atoms with E-state index >= 15 is 0 Å². The van der Waals surface area contributed by atoms with Crippen molar-refractivity contribution in [3.8, 4) is 0 Å². The smallest absolute Gasteiger partial charge is 0.361 e. The number of H-pyrrole nitrogens is 1. The van der Waals surface area contributed by atoms with Gasteiger partial charge in [-0.3, -0.25) is 9.42 Å². The molecule has 3 N–H and O–H groups in total. The highest BCUT2D eigenvalue weighted by Gasteiger charge is 2.27. The zero-order valence-corrected chi connectivity index (χ0v) is 13.5. The van der Waals surface area contributed by atoms with Crippen LogP contribution >= 0.6 is 7.82 Å². The largest absolute Gasteiger partial charge is 0.469 e. The van der Waals surface area contributed by atoms with E-state index in [0.717, 1.165) is 48.8 Å². The Morgan fingerprint density at radius 2 is 2.26 bits per heavy atom. The maximum absolute atomic E-state index is 13.4. The van der Waals surface area contributed by atoms with E-state index in [9.17, 15) is 8.96 Å². The third-order valence-corrected chi connectivity index (χ3v) is 4.82. The SMILES string of the molecule is O=P(O)(O)OC[C@@H]1CCCN1CCc1c[nH]c2ccc(F)cc12. The maximum atomic E-state index is 13.4. The van der Waals surface area contributed by atoms with E-state index in [1.807, 2.05) is 6.20 Å². The number of aromatic nitrogens is 1. The van der Waals surface area contributed by atoms with Crippen LogP contribution in [0.3, 0.4) is 0 Å². The number of aromatic amines is 1. The van der Waals surface area contributed by atoms with Crippen LogP contribution in [0.15, 0.2) is 24.4 Å². The van der Waals surface area contributed by atoms with Crippen molar-refractivity contribution >= 4 is 18.7 Å². The highest BCUT2D eigenvalue weighted by molar-refractivity contribution is 7.46. The zero-order chi connectivity index (χ0) is 16.4. The molecule has 0 amide bonds. The summed E-state index contributed by atoms with van der Waals surface area (Å²) in [7, 11) is -4.42. The zero-order valence-electron chi connectivity index (χ0n) is 12.6. The van der Waals surface area contributed by atoms with Crippen LogP contribution in [0.25, 0.3) is 10.9 Å². The van der Waals surface area contributed by atoms with Gasteiger partial charge in [0.2, 0.25) is 0 Å². The van der Waals surface area contributed by atoms with E-state index in [-0.39, 0.29) is 18.5 Å². The molecule has 1 aliphatic rings. The quantitative estimate of drug-likeness (QED) is 0.702. The summed E-state index contributed by atoms with van der Waals surface area (Å²) in [6, 6.07) is 4.70. The molecule has 1 fully saturated rings. The molecule has 8 heteroatoms. The second-order valence-corrected chi connectivity index (χ2v) is 7.11. The third kappa shape index (κ3) is 4.19. The molecule has 3 rings (SSSR count). The Morgan fingerprint density at radius 1 is 1.43 bits per heavy atom. The molecular formula is C15H20FN2O4P. The van der Waals surface area contributed by atoms with Crippen molar-refractivity contribution in [2.75, 3.05) is 19.7 Å². The Labute approximate surface area is 133 Å². The fraction of sp³-hybridized carbons (Fsp3) is 0.467. The summed E-state index contributed by atoms with van der Waals surface area (Å²) < 4.78 is 28.9. The molecule has 0 bridgehead atoms. The van der Waals surface area contributed by atoms with E-state index in [0.29, 0.717) is 0 Å². The first-order valence-electron chi connectivity index (χ1n) is 7.62. The molecule has 0 radical (unpaired) electrons. The fourth-order valence-electron chi connectivity index (χ4n) is 3.18. The number of nitrogens with one attached hydrogen (secondary N) is 1. The predicted octanol–water partition coefficient (Wildman–Crippen LogP) is 2.42. The number of benzene rings is 1. The van der Waals surface area contributed by atoms with Crippen molar-refractivity contribution in [2.45, 2.75) is 25.3 Å². The van der Waals surface area contributed by atoms with Gasteiger partial charge in [-0.25, -0.2) is 8.96 Å². The topological polar surface area (TPSA) is 85.8 Å². The average molecular weight is 342 g/mol. The van der Waals surface area contributed by atoms with Crippen molar-refractivity contribution < 1.29 is 23.3 Å². The molecule has 1 atom stereocenters. The first-order chi connectivity index (χ1) is 10.9. The summed E-state index contributed by atoms with van der Waals surface area (Å²) >= 11 is 0. The highest BCUT2D eigenvalue weighted by atomic mass is 31.2. The van der Waals surface area contributed by atoms with Crippen LogP contribution in [0.1, 0.15) is 18.4 Å². The number of hydrogen-bond donors (Lipinski definition) is 3. The number of phosphoric ester groups is 1. The molecular weight excluding hydrogens is 322 g/mol. The summed E-state index contributed by atoms with van der Waals surface area (Å²) in [5.74, 6) is -0.257. The van der Waals surface area contributed by atoms with Gasteiger partial charge in [0.25, 0.3) is 0 Å². The van der Waals surface area contributed by atoms with E-state index < -0.39 is 7.82 Å². The Kier molecular flexibility index (Phi) is 4.85. The van der Waals surface area contributed by atoms with Gasteiger partial charge in [-0.1, -0.05) is 0 Å². The van der Waals surface area contributed by atoms with Gasteiger partial charge in [0.1, 0.15) is 5.82 Å². The molecule has 1 aromatic carbocycles. The van der Waals surface area contributed by atoms with Crippen LogP contribution in [0.5, 0.6) is 0 Å². The minimum atomic E-state index is -4.42. The number of hydrogen-bond acceptors (Lipinski definition) is 3. The summed E-state index contributed by atoms with van der Waals surface area (Å²) in [5.41, 5.74) is 1.95. The first kappa shape index (κ1) is 16.6. The van der Waals surface area contributed by atoms with Crippen molar-refractivity contribution in [1.29, 1.82) is 0 Å². The van der Waals surface area contributed by atoms with Crippen LogP contribution < -0.4 is 0 Å². The van der Waals surface area contributed by atoms with Gasteiger partial charge in [-0.15, -0.1) is 0 Å². The van der Waals surface area contributed by atoms with Crippen molar-refractivity contribution in [3.05, 3.63) is 35.8 Å². The number of rotatable bonds is 6. The average Bonchev–Trinajstić information content (AvgIpc) is 3.08. The summed E-state index contributed by atoms with van der Waals surface area (Å²) in [5, 5.41) is 0.882. The van der Waals surface area contributed by atoms with Gasteiger partial charge in [0.05, 0.1) is 6.61 Å². The van der Waals surface area contributed by atoms with Crippen LogP contribution in [0, 0.1) is 5.82 Å². The predicted molar refractivity (Wildman–Crippen MR) is 84.6 cm³/mol. The Morgan fingerprint density at radius 3 is 3.04 bits per heavy atom. The molecule has 126 valence electrons. The molecule has 0 spiro atoms. The number of fused-ring (bicyclic) bond motifs is 1. The van der Waals surface area contributed by atoms with Crippen LogP contribution in [0.2, 0.25) is 0 Å². The Bertz CT molecular complexity index is 729. The second-order valence-electron chi connectivity index (χ2n) is 5.87. The Balaban J connectivity index is 1.62. The van der Waals surface area contributed by atoms with E-state index in [2.05, 4.69) is 14.4 Å². The van der Waals surface area contributed by atoms with Crippen molar-refractivity contribution in [3.63, 3.8) is 0 Å². The lowest BCUT2D eigenvalue weighted by molar-refractivity contribution is 0.135. The molecule has 2 heterocycles. The number of phosphoric acid groups is 1. The van der Waals surface area contributed by atoms with Crippen LogP contribution in [-0.4, -0.2) is 45.4 Å². The van der Waals surface area contributed by atoms with Crippen LogP contribution in [0.4, 0.5) is 4.39 Å². The van der Waals surface area contributed by atoms with Gasteiger partial charge >= 0.3 is 7.82 Å². The summed E-state index contributed by atoms with van der Waals surface area (Å²) in [6.45, 7) is 1.66. The normalized spacial score (nSPS) is 19.7. The lowest BCUT2D eigenvalue weighted by atomic mass is 10.1. The molecule has 1 aromatic heterocycles. The first-order valence-corrected chi connectivity index (χ1v) is 9.15. The maximum Gasteiger partial charge on any atom is 0.469 e. The van der Waals surface area contributed by atoms with Gasteiger partial charge in [0, 0.05) is 29.7 Å². The lowest BCUT2D eigenvalue weighted by Crippen LogP contribution is -2.34. The number of likely N-dealkylation sites (tertiary alicyclic amines) is 1. The molecule has 0 saturated carbocycles. The monoisotopic (exact) mass is 342 g/mol. The lowest BCUT2D eigenvalue weighted by Gasteiger charge is -2.24. The highest BCUT2D eigenvalue weighted by Crippen LogP contribution is 2.37. The summed E-state index contributed by atoms with van der Waals surface area (Å²) in [6.07, 6.45) is 4.48. The van der Waals surface area contributed by atoms with Gasteiger partial charge in [-0.2, -0.15) is 0 Å². The standard InChI is InChI=1S/C15H20FN2O4P/c16-12-3-4-15-14(8-12)11(9-17-15)5-7-18-6-1-2-13(18)10-22-23(19,20)21/h3-4,8-9,13,17H,1-2,5-7,10H2,(H2,19,20,21)/t13-/m0/s1. The third-order valence-electron chi connectivity index (χ3n) is 4.33. The molecule has 0 unspecified atom stereocenters. The van der Waals surface area contributed by atoms with Gasteiger partial charge < -0.3 is 14.8 Å².